The maximum atomic E-state index is 13.6. The highest BCUT2D eigenvalue weighted by molar-refractivity contribution is 7.89. The van der Waals surface area contributed by atoms with Gasteiger partial charge in [0.2, 0.25) is 11.8 Å². The lowest BCUT2D eigenvalue weighted by Crippen LogP contribution is -2.45. The van der Waals surface area contributed by atoms with Crippen LogP contribution in [0, 0.1) is 0 Å². The fourth-order valence-electron chi connectivity index (χ4n) is 5.05. The summed E-state index contributed by atoms with van der Waals surface area (Å²) < 4.78 is 35.1. The standard InChI is InChI=1S/C27H29N5O5S/c1-27(2,3)32(37-16-33)38(34,35)24-14-19(15-29-25(24)36-4)18-9-11-21-23(13-18)31(26(28)30-21)22-12-10-17-7-5-6-8-20(17)22/h5-9,11,13-16,22H,10,12H2,1-4H3,(H2,28,30). The van der Waals surface area contributed by atoms with Crippen molar-refractivity contribution in [3.05, 3.63) is 65.9 Å². The number of fused-ring (bicyclic) bond motifs is 2. The van der Waals surface area contributed by atoms with E-state index in [4.69, 9.17) is 15.3 Å². The van der Waals surface area contributed by atoms with Gasteiger partial charge in [0.25, 0.3) is 10.0 Å². The zero-order valence-electron chi connectivity index (χ0n) is 21.6. The average Bonchev–Trinajstić information content (AvgIpc) is 3.45. The number of pyridine rings is 1. The number of hydrogen-bond acceptors (Lipinski definition) is 8. The van der Waals surface area contributed by atoms with Crippen molar-refractivity contribution in [3.8, 4) is 17.0 Å². The summed E-state index contributed by atoms with van der Waals surface area (Å²) in [6.45, 7) is 4.91. The van der Waals surface area contributed by atoms with Crippen LogP contribution in [0.5, 0.6) is 5.88 Å². The number of hydrogen-bond donors (Lipinski definition) is 1. The number of anilines is 1. The summed E-state index contributed by atoms with van der Waals surface area (Å²) in [5.41, 5.74) is 10.7. The summed E-state index contributed by atoms with van der Waals surface area (Å²) in [7, 11) is -3.00. The molecule has 4 aromatic rings. The Morgan fingerprint density at radius 1 is 1.13 bits per heavy atom. The summed E-state index contributed by atoms with van der Waals surface area (Å²) in [4.78, 5) is 24.6. The van der Waals surface area contributed by atoms with E-state index in [-0.39, 0.29) is 23.3 Å². The first-order valence-corrected chi connectivity index (χ1v) is 13.6. The van der Waals surface area contributed by atoms with Crippen LogP contribution in [-0.2, 0) is 26.1 Å². The highest BCUT2D eigenvalue weighted by Gasteiger charge is 2.39. The first kappa shape index (κ1) is 25.7. The third-order valence-electron chi connectivity index (χ3n) is 6.66. The van der Waals surface area contributed by atoms with Crippen LogP contribution < -0.4 is 10.5 Å². The van der Waals surface area contributed by atoms with E-state index in [1.807, 2.05) is 34.9 Å². The third kappa shape index (κ3) is 4.27. The molecule has 1 aliphatic rings. The van der Waals surface area contributed by atoms with E-state index < -0.39 is 15.6 Å². The molecule has 0 amide bonds. The van der Waals surface area contributed by atoms with Crippen LogP contribution in [0.25, 0.3) is 22.2 Å². The third-order valence-corrected chi connectivity index (χ3v) is 8.58. The normalized spacial score (nSPS) is 15.6. The summed E-state index contributed by atoms with van der Waals surface area (Å²) in [6, 6.07) is 15.5. The maximum Gasteiger partial charge on any atom is 0.314 e. The molecule has 2 heterocycles. The average molecular weight is 536 g/mol. The molecule has 5 rings (SSSR count). The van der Waals surface area contributed by atoms with Crippen molar-refractivity contribution in [3.63, 3.8) is 0 Å². The van der Waals surface area contributed by atoms with Gasteiger partial charge < -0.3 is 19.9 Å². The number of nitrogens with two attached hydrogens (primary N) is 1. The van der Waals surface area contributed by atoms with Crippen LogP contribution in [0.3, 0.4) is 0 Å². The number of sulfonamides is 1. The minimum atomic E-state index is -4.33. The van der Waals surface area contributed by atoms with Crippen LogP contribution in [-0.4, -0.2) is 46.5 Å². The molecule has 1 aliphatic carbocycles. The molecule has 11 heteroatoms. The zero-order valence-corrected chi connectivity index (χ0v) is 22.4. The van der Waals surface area contributed by atoms with Crippen LogP contribution in [0.2, 0.25) is 0 Å². The van der Waals surface area contributed by atoms with E-state index in [1.165, 1.54) is 30.5 Å². The van der Waals surface area contributed by atoms with E-state index in [9.17, 15) is 13.2 Å². The fraction of sp³-hybridized carbons (Fsp3) is 0.296. The minimum Gasteiger partial charge on any atom is -0.480 e. The lowest BCUT2D eigenvalue weighted by Gasteiger charge is -2.31. The maximum absolute atomic E-state index is 13.6. The van der Waals surface area contributed by atoms with Crippen molar-refractivity contribution >= 4 is 33.5 Å². The van der Waals surface area contributed by atoms with Gasteiger partial charge in [0.1, 0.15) is 4.90 Å². The Morgan fingerprint density at radius 3 is 2.61 bits per heavy atom. The van der Waals surface area contributed by atoms with Gasteiger partial charge in [-0.25, -0.2) is 18.4 Å². The van der Waals surface area contributed by atoms with Crippen molar-refractivity contribution < 1.29 is 22.8 Å². The molecule has 0 aliphatic heterocycles. The van der Waals surface area contributed by atoms with Gasteiger partial charge in [-0.15, -0.1) is 0 Å². The van der Waals surface area contributed by atoms with Gasteiger partial charge in [-0.05, 0) is 73.0 Å². The van der Waals surface area contributed by atoms with Gasteiger partial charge in [0, 0.05) is 11.8 Å². The van der Waals surface area contributed by atoms with Crippen molar-refractivity contribution in [2.75, 3.05) is 12.8 Å². The highest BCUT2D eigenvalue weighted by Crippen LogP contribution is 2.39. The lowest BCUT2D eigenvalue weighted by atomic mass is 10.1. The SMILES string of the molecule is COc1ncc(-c2ccc3nc(N)n(C4CCc5ccccc54)c3c2)cc1S(=O)(=O)N(OC=O)C(C)(C)C. The van der Waals surface area contributed by atoms with Gasteiger partial charge in [-0.2, -0.15) is 0 Å². The molecule has 0 fully saturated rings. The molecule has 0 saturated carbocycles. The number of nitrogen functional groups attached to an aromatic ring is 1. The number of carbonyl (C=O) groups is 1. The Kier molecular flexibility index (Phi) is 6.36. The first-order valence-electron chi connectivity index (χ1n) is 12.1. The Morgan fingerprint density at radius 2 is 1.89 bits per heavy atom. The number of aryl methyl sites for hydroxylation is 1. The zero-order chi connectivity index (χ0) is 27.2. The number of aromatic nitrogens is 3. The molecule has 1 unspecified atom stereocenters. The van der Waals surface area contributed by atoms with E-state index in [1.54, 1.807) is 20.8 Å². The predicted molar refractivity (Wildman–Crippen MR) is 143 cm³/mol. The van der Waals surface area contributed by atoms with E-state index >= 15 is 0 Å². The van der Waals surface area contributed by atoms with Gasteiger partial charge >= 0.3 is 6.47 Å². The number of ether oxygens (including phenoxy) is 1. The summed E-state index contributed by atoms with van der Waals surface area (Å²) >= 11 is 0. The topological polar surface area (TPSA) is 130 Å². The number of hydroxylamine groups is 1. The Balaban J connectivity index is 1.63. The number of imidazole rings is 1. The second-order valence-corrected chi connectivity index (χ2v) is 11.9. The predicted octanol–water partition coefficient (Wildman–Crippen LogP) is 4.10. The van der Waals surface area contributed by atoms with E-state index in [0.29, 0.717) is 16.0 Å². The van der Waals surface area contributed by atoms with E-state index in [0.717, 1.165) is 29.4 Å². The number of nitrogens with zero attached hydrogens (tertiary/aromatic N) is 4. The monoisotopic (exact) mass is 535 g/mol. The molecule has 2 N–H and O–H groups in total. The van der Waals surface area contributed by atoms with Crippen LogP contribution >= 0.6 is 0 Å². The smallest absolute Gasteiger partial charge is 0.314 e. The van der Waals surface area contributed by atoms with Crippen LogP contribution in [0.4, 0.5) is 5.95 Å². The Hall–Kier alpha value is -3.96. The molecule has 0 radical (unpaired) electrons. The molecular weight excluding hydrogens is 506 g/mol. The fourth-order valence-corrected chi connectivity index (χ4v) is 6.73. The molecular formula is C27H29N5O5S. The highest BCUT2D eigenvalue weighted by atomic mass is 32.2. The van der Waals surface area contributed by atoms with Crippen LogP contribution in [0.15, 0.2) is 59.6 Å². The lowest BCUT2D eigenvalue weighted by molar-refractivity contribution is -0.165. The number of methoxy groups -OCH3 is 1. The second-order valence-electron chi connectivity index (χ2n) is 10.1. The van der Waals surface area contributed by atoms with Gasteiger partial charge in [0.05, 0.1) is 29.7 Å². The molecule has 10 nitrogen and oxygen atoms in total. The molecule has 0 saturated heterocycles. The van der Waals surface area contributed by atoms with Crippen molar-refractivity contribution in [2.45, 2.75) is 50.1 Å². The Bertz CT molecular complexity index is 1640. The summed E-state index contributed by atoms with van der Waals surface area (Å²) in [6.07, 6.45) is 3.40. The molecule has 0 spiro atoms. The molecule has 1 atom stereocenters. The Labute approximate surface area is 221 Å². The largest absolute Gasteiger partial charge is 0.480 e. The van der Waals surface area contributed by atoms with Crippen LogP contribution in [0.1, 0.15) is 44.4 Å². The van der Waals surface area contributed by atoms with Crippen molar-refractivity contribution in [2.24, 2.45) is 0 Å². The number of carbonyl (C=O) groups excluding carboxylic acids is 1. The molecule has 0 bridgehead atoms. The first-order chi connectivity index (χ1) is 18.1. The molecule has 2 aromatic heterocycles. The molecule has 198 valence electrons. The quantitative estimate of drug-likeness (QED) is 0.277. The summed E-state index contributed by atoms with van der Waals surface area (Å²) in [5, 5.41) is 0. The van der Waals surface area contributed by atoms with Gasteiger partial charge in [0.15, 0.2) is 0 Å². The van der Waals surface area contributed by atoms with Crippen molar-refractivity contribution in [1.29, 1.82) is 0 Å². The molecule has 2 aromatic carbocycles. The van der Waals surface area contributed by atoms with Crippen molar-refractivity contribution in [1.82, 2.24) is 19.0 Å². The van der Waals surface area contributed by atoms with Gasteiger partial charge in [-0.1, -0.05) is 30.3 Å². The number of rotatable bonds is 7. The summed E-state index contributed by atoms with van der Waals surface area (Å²) in [5.74, 6) is 0.303. The minimum absolute atomic E-state index is 0.0530. The van der Waals surface area contributed by atoms with E-state index in [2.05, 4.69) is 22.1 Å². The molecule has 38 heavy (non-hydrogen) atoms. The van der Waals surface area contributed by atoms with Gasteiger partial charge in [-0.3, -0.25) is 4.79 Å². The number of benzene rings is 2. The second kappa shape index (κ2) is 9.41.